The summed E-state index contributed by atoms with van der Waals surface area (Å²) in [7, 11) is 0. The van der Waals surface area contributed by atoms with Crippen LogP contribution < -0.4 is 0 Å². The van der Waals surface area contributed by atoms with Crippen molar-refractivity contribution >= 4 is 15.9 Å². The van der Waals surface area contributed by atoms with Gasteiger partial charge in [0.15, 0.2) is 6.29 Å². The SMILES string of the molecule is BrCCCCCOCCOC1CCCCO1. The van der Waals surface area contributed by atoms with E-state index in [0.29, 0.717) is 13.2 Å². The fourth-order valence-electron chi connectivity index (χ4n) is 1.66. The predicted octanol–water partition coefficient (Wildman–Crippen LogP) is 3.11. The van der Waals surface area contributed by atoms with Gasteiger partial charge in [0.25, 0.3) is 0 Å². The third-order valence-electron chi connectivity index (χ3n) is 2.59. The Hall–Kier alpha value is 0.360. The molecule has 0 aromatic heterocycles. The van der Waals surface area contributed by atoms with Gasteiger partial charge in [-0.2, -0.15) is 0 Å². The second-order valence-electron chi connectivity index (χ2n) is 4.03. The van der Waals surface area contributed by atoms with Gasteiger partial charge in [0.1, 0.15) is 0 Å². The molecule has 1 saturated heterocycles. The van der Waals surface area contributed by atoms with Crippen molar-refractivity contribution in [2.75, 3.05) is 31.8 Å². The normalized spacial score (nSPS) is 21.2. The molecule has 1 heterocycles. The third-order valence-corrected chi connectivity index (χ3v) is 3.15. The van der Waals surface area contributed by atoms with Crippen molar-refractivity contribution in [2.45, 2.75) is 44.8 Å². The molecule has 96 valence electrons. The molecule has 0 aliphatic carbocycles. The van der Waals surface area contributed by atoms with Crippen LogP contribution in [0.2, 0.25) is 0 Å². The lowest BCUT2D eigenvalue weighted by Crippen LogP contribution is -2.24. The van der Waals surface area contributed by atoms with Crippen LogP contribution in [0.1, 0.15) is 38.5 Å². The molecular formula is C12H23BrO3. The first-order valence-electron chi connectivity index (χ1n) is 6.30. The molecule has 16 heavy (non-hydrogen) atoms. The zero-order valence-corrected chi connectivity index (χ0v) is 11.5. The molecule has 0 radical (unpaired) electrons. The number of unbranched alkanes of at least 4 members (excludes halogenated alkanes) is 2. The topological polar surface area (TPSA) is 27.7 Å². The first kappa shape index (κ1) is 14.4. The molecule has 1 atom stereocenters. The van der Waals surface area contributed by atoms with Gasteiger partial charge in [-0.15, -0.1) is 0 Å². The minimum absolute atomic E-state index is 0.0192. The van der Waals surface area contributed by atoms with Gasteiger partial charge in [0.05, 0.1) is 13.2 Å². The highest BCUT2D eigenvalue weighted by Gasteiger charge is 2.13. The molecule has 0 saturated carbocycles. The third kappa shape index (κ3) is 7.60. The van der Waals surface area contributed by atoms with E-state index in [2.05, 4.69) is 15.9 Å². The summed E-state index contributed by atoms with van der Waals surface area (Å²) in [5.41, 5.74) is 0. The average Bonchev–Trinajstić information content (AvgIpc) is 2.34. The van der Waals surface area contributed by atoms with Crippen molar-refractivity contribution in [3.05, 3.63) is 0 Å². The highest BCUT2D eigenvalue weighted by atomic mass is 79.9. The predicted molar refractivity (Wildman–Crippen MR) is 68.0 cm³/mol. The van der Waals surface area contributed by atoms with Gasteiger partial charge in [-0.3, -0.25) is 0 Å². The summed E-state index contributed by atoms with van der Waals surface area (Å²) in [4.78, 5) is 0. The number of halogens is 1. The molecule has 1 aliphatic heterocycles. The van der Waals surface area contributed by atoms with Gasteiger partial charge in [-0.25, -0.2) is 0 Å². The molecule has 1 rings (SSSR count). The summed E-state index contributed by atoms with van der Waals surface area (Å²) < 4.78 is 16.5. The van der Waals surface area contributed by atoms with E-state index in [1.807, 2.05) is 0 Å². The van der Waals surface area contributed by atoms with Crippen LogP contribution in [0.5, 0.6) is 0 Å². The van der Waals surface area contributed by atoms with E-state index >= 15 is 0 Å². The molecule has 1 fully saturated rings. The Morgan fingerprint density at radius 3 is 2.75 bits per heavy atom. The summed E-state index contributed by atoms with van der Waals surface area (Å²) in [5.74, 6) is 0. The maximum absolute atomic E-state index is 5.56. The van der Waals surface area contributed by atoms with Crippen LogP contribution in [0.3, 0.4) is 0 Å². The smallest absolute Gasteiger partial charge is 0.157 e. The minimum atomic E-state index is 0.0192. The van der Waals surface area contributed by atoms with Crippen LogP contribution in [0.4, 0.5) is 0 Å². The molecule has 0 spiro atoms. The molecule has 1 aliphatic rings. The fraction of sp³-hybridized carbons (Fsp3) is 1.00. The standard InChI is InChI=1S/C12H23BrO3/c13-7-3-1-4-8-14-10-11-16-12-6-2-5-9-15-12/h12H,1-11H2. The molecule has 0 bridgehead atoms. The average molecular weight is 295 g/mol. The highest BCUT2D eigenvalue weighted by molar-refractivity contribution is 9.09. The Labute approximate surface area is 107 Å². The van der Waals surface area contributed by atoms with Crippen LogP contribution in [0.15, 0.2) is 0 Å². The van der Waals surface area contributed by atoms with Gasteiger partial charge >= 0.3 is 0 Å². The van der Waals surface area contributed by atoms with Gasteiger partial charge in [-0.05, 0) is 32.1 Å². The maximum atomic E-state index is 5.56. The molecule has 3 nitrogen and oxygen atoms in total. The first-order valence-corrected chi connectivity index (χ1v) is 7.42. The van der Waals surface area contributed by atoms with E-state index in [9.17, 15) is 0 Å². The molecule has 0 aromatic carbocycles. The van der Waals surface area contributed by atoms with Gasteiger partial charge in [0.2, 0.25) is 0 Å². The zero-order chi connectivity index (χ0) is 11.5. The lowest BCUT2D eigenvalue weighted by atomic mass is 10.2. The Morgan fingerprint density at radius 2 is 2.00 bits per heavy atom. The van der Waals surface area contributed by atoms with Crippen molar-refractivity contribution in [2.24, 2.45) is 0 Å². The van der Waals surface area contributed by atoms with Crippen molar-refractivity contribution in [3.63, 3.8) is 0 Å². The van der Waals surface area contributed by atoms with E-state index in [0.717, 1.165) is 31.4 Å². The Balaban J connectivity index is 1.77. The van der Waals surface area contributed by atoms with E-state index in [1.165, 1.54) is 25.7 Å². The van der Waals surface area contributed by atoms with E-state index in [-0.39, 0.29) is 6.29 Å². The number of rotatable bonds is 9. The summed E-state index contributed by atoms with van der Waals surface area (Å²) >= 11 is 3.41. The van der Waals surface area contributed by atoms with Crippen molar-refractivity contribution < 1.29 is 14.2 Å². The molecule has 0 aromatic rings. The summed E-state index contributed by atoms with van der Waals surface area (Å²) in [6, 6.07) is 0. The quantitative estimate of drug-likeness (QED) is 0.483. The monoisotopic (exact) mass is 294 g/mol. The van der Waals surface area contributed by atoms with Crippen LogP contribution >= 0.6 is 15.9 Å². The minimum Gasteiger partial charge on any atom is -0.379 e. The first-order chi connectivity index (χ1) is 7.93. The molecule has 4 heteroatoms. The van der Waals surface area contributed by atoms with Crippen molar-refractivity contribution in [1.29, 1.82) is 0 Å². The summed E-state index contributed by atoms with van der Waals surface area (Å²) in [6.45, 7) is 3.04. The number of alkyl halides is 1. The molecule has 0 amide bonds. The van der Waals surface area contributed by atoms with Gasteiger partial charge in [0, 0.05) is 18.5 Å². The molecular weight excluding hydrogens is 272 g/mol. The van der Waals surface area contributed by atoms with Crippen molar-refractivity contribution in [3.8, 4) is 0 Å². The zero-order valence-electron chi connectivity index (χ0n) is 9.96. The van der Waals surface area contributed by atoms with E-state index in [1.54, 1.807) is 0 Å². The van der Waals surface area contributed by atoms with Crippen molar-refractivity contribution in [1.82, 2.24) is 0 Å². The Kier molecular flexibility index (Phi) is 9.47. The fourth-order valence-corrected chi connectivity index (χ4v) is 2.06. The Morgan fingerprint density at radius 1 is 1.06 bits per heavy atom. The van der Waals surface area contributed by atoms with Crippen LogP contribution in [-0.2, 0) is 14.2 Å². The molecule has 1 unspecified atom stereocenters. The second-order valence-corrected chi connectivity index (χ2v) is 4.82. The molecule has 0 N–H and O–H groups in total. The second kappa shape index (κ2) is 10.5. The van der Waals surface area contributed by atoms with E-state index in [4.69, 9.17) is 14.2 Å². The van der Waals surface area contributed by atoms with Gasteiger partial charge < -0.3 is 14.2 Å². The number of ether oxygens (including phenoxy) is 3. The van der Waals surface area contributed by atoms with Crippen LogP contribution in [-0.4, -0.2) is 38.0 Å². The number of hydrogen-bond acceptors (Lipinski definition) is 3. The van der Waals surface area contributed by atoms with E-state index < -0.39 is 0 Å². The lowest BCUT2D eigenvalue weighted by Gasteiger charge is -2.22. The lowest BCUT2D eigenvalue weighted by molar-refractivity contribution is -0.169. The van der Waals surface area contributed by atoms with Crippen LogP contribution in [0.25, 0.3) is 0 Å². The largest absolute Gasteiger partial charge is 0.379 e. The summed E-state index contributed by atoms with van der Waals surface area (Å²) in [5, 5.41) is 1.09. The maximum Gasteiger partial charge on any atom is 0.157 e. The summed E-state index contributed by atoms with van der Waals surface area (Å²) in [6.07, 6.45) is 7.05. The van der Waals surface area contributed by atoms with Gasteiger partial charge in [-0.1, -0.05) is 22.4 Å². The van der Waals surface area contributed by atoms with Crippen LogP contribution in [0, 0.1) is 0 Å². The number of hydrogen-bond donors (Lipinski definition) is 0. The highest BCUT2D eigenvalue weighted by Crippen LogP contribution is 2.13. The Bertz CT molecular complexity index is 149.